The van der Waals surface area contributed by atoms with Crippen LogP contribution in [0.25, 0.3) is 0 Å². The van der Waals surface area contributed by atoms with E-state index >= 15 is 0 Å². The lowest BCUT2D eigenvalue weighted by atomic mass is 10.1. The Labute approximate surface area is 127 Å². The zero-order valence-electron chi connectivity index (χ0n) is 12.0. The Hall–Kier alpha value is -1.59. The van der Waals surface area contributed by atoms with Crippen LogP contribution in [0.3, 0.4) is 0 Å². The first kappa shape index (κ1) is 15.8. The topological polar surface area (TPSA) is 96.3 Å². The van der Waals surface area contributed by atoms with Gasteiger partial charge in [0.15, 0.2) is 9.84 Å². The van der Waals surface area contributed by atoms with E-state index in [4.69, 9.17) is 4.74 Å². The van der Waals surface area contributed by atoms with E-state index in [-0.39, 0.29) is 11.5 Å². The van der Waals surface area contributed by atoms with Gasteiger partial charge in [-0.15, -0.1) is 11.3 Å². The van der Waals surface area contributed by atoms with E-state index in [0.29, 0.717) is 21.9 Å². The van der Waals surface area contributed by atoms with E-state index in [9.17, 15) is 18.5 Å². The number of hydrogen-bond donors (Lipinski definition) is 1. The third-order valence-electron chi connectivity index (χ3n) is 2.83. The molecule has 0 spiro atoms. The molecule has 0 saturated heterocycles. The Balaban J connectivity index is 2.28. The number of carbonyl (C=O) groups excluding carboxylic acids is 1. The fourth-order valence-corrected chi connectivity index (χ4v) is 5.01. The molecule has 0 bridgehead atoms. The monoisotopic (exact) mass is 328 g/mol. The van der Waals surface area contributed by atoms with Gasteiger partial charge in [-0.2, -0.15) is 5.26 Å². The van der Waals surface area contributed by atoms with Crippen LogP contribution in [0.1, 0.15) is 36.8 Å². The summed E-state index contributed by atoms with van der Waals surface area (Å²) >= 11 is 1.13. The number of hydrogen-bond acceptors (Lipinski definition) is 6. The van der Waals surface area contributed by atoms with Crippen molar-refractivity contribution in [3.05, 3.63) is 16.0 Å². The number of carbonyl (C=O) groups is 1. The number of thiophene rings is 1. The van der Waals surface area contributed by atoms with E-state index in [2.05, 4.69) is 5.32 Å². The van der Waals surface area contributed by atoms with Crippen molar-refractivity contribution < 1.29 is 17.9 Å². The van der Waals surface area contributed by atoms with E-state index in [1.54, 1.807) is 20.8 Å². The highest BCUT2D eigenvalue weighted by Gasteiger charge is 2.29. The molecule has 0 aromatic carbocycles. The van der Waals surface area contributed by atoms with Crippen LogP contribution >= 0.6 is 11.3 Å². The van der Waals surface area contributed by atoms with Crippen LogP contribution in [-0.2, 0) is 26.7 Å². The maximum Gasteiger partial charge on any atom is 0.412 e. The van der Waals surface area contributed by atoms with Gasteiger partial charge in [0.1, 0.15) is 16.7 Å². The Kier molecular flexibility index (Phi) is 4.00. The van der Waals surface area contributed by atoms with Crippen molar-refractivity contribution in [2.75, 3.05) is 11.1 Å². The molecule has 1 aromatic heterocycles. The van der Waals surface area contributed by atoms with Crippen LogP contribution in [-0.4, -0.2) is 25.9 Å². The second-order valence-corrected chi connectivity index (χ2v) is 9.08. The molecule has 0 unspecified atom stereocenters. The van der Waals surface area contributed by atoms with Crippen molar-refractivity contribution in [3.8, 4) is 6.07 Å². The molecule has 114 valence electrons. The predicted octanol–water partition coefficient (Wildman–Crippen LogP) is 2.44. The fraction of sp³-hybridized carbons (Fsp3) is 0.538. The van der Waals surface area contributed by atoms with E-state index in [0.717, 1.165) is 16.9 Å². The van der Waals surface area contributed by atoms with Gasteiger partial charge in [-0.3, -0.25) is 5.32 Å². The number of ether oxygens (including phenoxy) is 1. The molecular formula is C13H16N2O4S2. The minimum Gasteiger partial charge on any atom is -0.444 e. The highest BCUT2D eigenvalue weighted by atomic mass is 32.2. The summed E-state index contributed by atoms with van der Waals surface area (Å²) in [7, 11) is -3.11. The molecule has 1 aliphatic rings. The summed E-state index contributed by atoms with van der Waals surface area (Å²) in [6, 6.07) is 2.04. The van der Waals surface area contributed by atoms with Crippen LogP contribution < -0.4 is 5.32 Å². The Morgan fingerprint density at radius 2 is 2.10 bits per heavy atom. The van der Waals surface area contributed by atoms with Crippen molar-refractivity contribution >= 4 is 32.3 Å². The summed E-state index contributed by atoms with van der Waals surface area (Å²) in [5.41, 5.74) is 0.427. The van der Waals surface area contributed by atoms with Crippen LogP contribution in [0, 0.1) is 11.3 Å². The van der Waals surface area contributed by atoms with Gasteiger partial charge < -0.3 is 4.74 Å². The third kappa shape index (κ3) is 3.74. The number of amides is 1. The Morgan fingerprint density at radius 3 is 2.67 bits per heavy atom. The summed E-state index contributed by atoms with van der Waals surface area (Å²) < 4.78 is 28.4. The lowest BCUT2D eigenvalue weighted by Crippen LogP contribution is -2.27. The summed E-state index contributed by atoms with van der Waals surface area (Å²) in [4.78, 5) is 12.4. The lowest BCUT2D eigenvalue weighted by Gasteiger charge is -2.19. The van der Waals surface area contributed by atoms with Gasteiger partial charge in [-0.25, -0.2) is 13.2 Å². The second-order valence-electron chi connectivity index (χ2n) is 5.79. The summed E-state index contributed by atoms with van der Waals surface area (Å²) in [6.45, 7) is 5.22. The van der Waals surface area contributed by atoms with Crippen LogP contribution in [0.15, 0.2) is 0 Å². The number of nitrogens with one attached hydrogen (secondary N) is 1. The molecule has 21 heavy (non-hydrogen) atoms. The Bertz CT molecular complexity index is 721. The van der Waals surface area contributed by atoms with Gasteiger partial charge >= 0.3 is 6.09 Å². The van der Waals surface area contributed by atoms with Crippen molar-refractivity contribution in [1.29, 1.82) is 5.26 Å². The minimum absolute atomic E-state index is 0.0390. The first-order valence-corrected chi connectivity index (χ1v) is 9.00. The SMILES string of the molecule is CC(C)(C)OC(=O)Nc1sc2c(c1C#N)CCS(=O)(=O)C2. The number of nitrogens with zero attached hydrogens (tertiary/aromatic N) is 1. The second kappa shape index (κ2) is 5.31. The first-order chi connectivity index (χ1) is 9.61. The quantitative estimate of drug-likeness (QED) is 0.854. The maximum absolute atomic E-state index is 11.8. The molecule has 1 aliphatic heterocycles. The first-order valence-electron chi connectivity index (χ1n) is 6.36. The fourth-order valence-electron chi connectivity index (χ4n) is 2.03. The van der Waals surface area contributed by atoms with Gasteiger partial charge in [0.25, 0.3) is 0 Å². The smallest absolute Gasteiger partial charge is 0.412 e. The zero-order valence-corrected chi connectivity index (χ0v) is 13.7. The molecule has 2 rings (SSSR count). The lowest BCUT2D eigenvalue weighted by molar-refractivity contribution is 0.0636. The van der Waals surface area contributed by atoms with E-state index in [1.807, 2.05) is 6.07 Å². The van der Waals surface area contributed by atoms with Gasteiger partial charge in [0, 0.05) is 4.88 Å². The number of nitriles is 1. The van der Waals surface area contributed by atoms with E-state index in [1.165, 1.54) is 0 Å². The van der Waals surface area contributed by atoms with Crippen molar-refractivity contribution in [1.82, 2.24) is 0 Å². The van der Waals surface area contributed by atoms with Gasteiger partial charge in [0.2, 0.25) is 0 Å². The van der Waals surface area contributed by atoms with Crippen molar-refractivity contribution in [2.24, 2.45) is 0 Å². The molecule has 1 aromatic rings. The number of sulfone groups is 1. The Morgan fingerprint density at radius 1 is 1.43 bits per heavy atom. The van der Waals surface area contributed by atoms with Crippen molar-refractivity contribution in [2.45, 2.75) is 38.5 Å². The molecule has 8 heteroatoms. The minimum atomic E-state index is -3.11. The number of anilines is 1. The highest BCUT2D eigenvalue weighted by molar-refractivity contribution is 7.90. The largest absolute Gasteiger partial charge is 0.444 e. The summed E-state index contributed by atoms with van der Waals surface area (Å²) in [5, 5.41) is 12.2. The highest BCUT2D eigenvalue weighted by Crippen LogP contribution is 2.37. The van der Waals surface area contributed by atoms with Crippen LogP contribution in [0.5, 0.6) is 0 Å². The third-order valence-corrected chi connectivity index (χ3v) is 5.72. The maximum atomic E-state index is 11.8. The van der Waals surface area contributed by atoms with Crippen LogP contribution in [0.2, 0.25) is 0 Å². The van der Waals surface area contributed by atoms with Crippen molar-refractivity contribution in [3.63, 3.8) is 0 Å². The van der Waals surface area contributed by atoms with Gasteiger partial charge in [0.05, 0.1) is 17.1 Å². The predicted molar refractivity (Wildman–Crippen MR) is 80.1 cm³/mol. The summed E-state index contributed by atoms with van der Waals surface area (Å²) in [6.07, 6.45) is -0.340. The molecular weight excluding hydrogens is 312 g/mol. The summed E-state index contributed by atoms with van der Waals surface area (Å²) in [5.74, 6) is -0.0328. The molecule has 1 N–H and O–H groups in total. The average molecular weight is 328 g/mol. The molecule has 0 radical (unpaired) electrons. The molecule has 0 atom stereocenters. The molecule has 0 fully saturated rings. The zero-order chi connectivity index (χ0) is 15.8. The molecule has 0 aliphatic carbocycles. The normalized spacial score (nSPS) is 16.7. The molecule has 2 heterocycles. The van der Waals surface area contributed by atoms with Gasteiger partial charge in [-0.1, -0.05) is 0 Å². The molecule has 0 saturated carbocycles. The molecule has 6 nitrogen and oxygen atoms in total. The average Bonchev–Trinajstić information content (AvgIpc) is 2.60. The number of rotatable bonds is 1. The van der Waals surface area contributed by atoms with Gasteiger partial charge in [-0.05, 0) is 32.8 Å². The standard InChI is InChI=1S/C13H16N2O4S2/c1-13(2,3)19-12(16)15-11-9(6-14)8-4-5-21(17,18)7-10(8)20-11/h4-5,7H2,1-3H3,(H,15,16). The van der Waals surface area contributed by atoms with Crippen LogP contribution in [0.4, 0.5) is 9.80 Å². The number of fused-ring (bicyclic) bond motifs is 1. The molecule has 1 amide bonds. The van der Waals surface area contributed by atoms with E-state index < -0.39 is 21.5 Å².